The standard InChI is InChI=1S/C21H23ClN2O8.CH4/c1-24(2)14-7-5-6-10(16(27)12-9(25)4-3-8(22)11(12)15(6)26)18(29)21(7,32)19(30)13(17(14)28)20(23)31;/h3-4,6-7,13-15,17,25-28,32H,5H2,1-2H3,(H2,23,31);1H4. The molecule has 180 valence electrons. The number of nitrogens with zero attached hydrogens (tertiary/aromatic N) is 1. The summed E-state index contributed by atoms with van der Waals surface area (Å²) in [6.45, 7) is 0. The molecule has 0 bridgehead atoms. The molecule has 0 spiro atoms. The second kappa shape index (κ2) is 8.07. The molecule has 7 N–H and O–H groups in total. The summed E-state index contributed by atoms with van der Waals surface area (Å²) in [4.78, 5) is 40.1. The number of phenolic OH excluding ortho intramolecular Hbond substituents is 1. The third-order valence-electron chi connectivity index (χ3n) is 7.01. The molecule has 1 aromatic rings. The van der Waals surface area contributed by atoms with E-state index in [1.165, 1.54) is 31.1 Å². The van der Waals surface area contributed by atoms with E-state index in [9.17, 15) is 39.9 Å². The van der Waals surface area contributed by atoms with Crippen molar-refractivity contribution in [3.63, 3.8) is 0 Å². The summed E-state index contributed by atoms with van der Waals surface area (Å²) in [7, 11) is 3.08. The summed E-state index contributed by atoms with van der Waals surface area (Å²) in [6, 6.07) is 1.45. The summed E-state index contributed by atoms with van der Waals surface area (Å²) in [6.07, 6.45) is -3.26. The first kappa shape index (κ1) is 25.1. The van der Waals surface area contributed by atoms with Gasteiger partial charge in [0.2, 0.25) is 11.7 Å². The second-order valence-corrected chi connectivity index (χ2v) is 9.20. The minimum Gasteiger partial charge on any atom is -0.507 e. The quantitative estimate of drug-likeness (QED) is 0.314. The molecule has 4 rings (SSSR count). The fraction of sp³-hybridized carbons (Fsp3) is 0.500. The predicted molar refractivity (Wildman–Crippen MR) is 117 cm³/mol. The maximum absolute atomic E-state index is 13.6. The zero-order valence-electron chi connectivity index (χ0n) is 17.2. The zero-order valence-corrected chi connectivity index (χ0v) is 17.9. The highest BCUT2D eigenvalue weighted by Gasteiger charge is 2.68. The van der Waals surface area contributed by atoms with Crippen LogP contribution in [0, 0.1) is 17.8 Å². The Bertz CT molecular complexity index is 1090. The van der Waals surface area contributed by atoms with Gasteiger partial charge in [0.1, 0.15) is 17.4 Å². The van der Waals surface area contributed by atoms with Crippen LogP contribution in [0.5, 0.6) is 5.75 Å². The van der Waals surface area contributed by atoms with Crippen molar-refractivity contribution < 1.29 is 39.9 Å². The minimum atomic E-state index is -2.78. The van der Waals surface area contributed by atoms with Gasteiger partial charge in [-0.05, 0) is 32.6 Å². The van der Waals surface area contributed by atoms with Crippen molar-refractivity contribution in [2.75, 3.05) is 14.1 Å². The van der Waals surface area contributed by atoms with Crippen molar-refractivity contribution >= 4 is 34.8 Å². The number of carbonyl (C=O) groups excluding carboxylic acids is 3. The van der Waals surface area contributed by atoms with Gasteiger partial charge in [0.05, 0.1) is 17.8 Å². The van der Waals surface area contributed by atoms with Crippen molar-refractivity contribution in [1.82, 2.24) is 4.90 Å². The van der Waals surface area contributed by atoms with Gasteiger partial charge in [0.25, 0.3) is 0 Å². The van der Waals surface area contributed by atoms with Crippen molar-refractivity contribution in [3.8, 4) is 5.75 Å². The van der Waals surface area contributed by atoms with Gasteiger partial charge in [-0.2, -0.15) is 0 Å². The Morgan fingerprint density at radius 2 is 1.82 bits per heavy atom. The first-order chi connectivity index (χ1) is 14.8. The molecule has 3 aliphatic rings. The van der Waals surface area contributed by atoms with Crippen molar-refractivity contribution in [1.29, 1.82) is 0 Å². The molecule has 0 aromatic heterocycles. The van der Waals surface area contributed by atoms with Gasteiger partial charge in [0, 0.05) is 34.0 Å². The average molecular weight is 483 g/mol. The molecule has 0 radical (unpaired) electrons. The third kappa shape index (κ3) is 3.12. The summed E-state index contributed by atoms with van der Waals surface area (Å²) in [5, 5.41) is 54.5. The Morgan fingerprint density at radius 3 is 2.36 bits per heavy atom. The van der Waals surface area contributed by atoms with Gasteiger partial charge in [-0.25, -0.2) is 0 Å². The largest absolute Gasteiger partial charge is 0.507 e. The number of hydrogen-bond acceptors (Lipinski definition) is 9. The average Bonchev–Trinajstić information content (AvgIpc) is 2.69. The van der Waals surface area contributed by atoms with Crippen LogP contribution in [0.1, 0.15) is 31.1 Å². The number of primary amides is 1. The molecule has 3 aliphatic carbocycles. The van der Waals surface area contributed by atoms with Crippen LogP contribution in [0.4, 0.5) is 0 Å². The van der Waals surface area contributed by atoms with Crippen LogP contribution in [-0.4, -0.2) is 79.7 Å². The van der Waals surface area contributed by atoms with Crippen LogP contribution in [0.3, 0.4) is 0 Å². The van der Waals surface area contributed by atoms with Crippen LogP contribution < -0.4 is 5.73 Å². The lowest BCUT2D eigenvalue weighted by Crippen LogP contribution is -2.73. The molecule has 33 heavy (non-hydrogen) atoms. The zero-order chi connectivity index (χ0) is 23.9. The van der Waals surface area contributed by atoms with E-state index in [-0.39, 0.29) is 30.0 Å². The monoisotopic (exact) mass is 482 g/mol. The molecule has 1 amide bonds. The summed E-state index contributed by atoms with van der Waals surface area (Å²) in [5.41, 5.74) is 1.81. The fourth-order valence-corrected chi connectivity index (χ4v) is 5.87. The molecule has 10 nitrogen and oxygen atoms in total. The lowest BCUT2D eigenvalue weighted by Gasteiger charge is -2.54. The number of likely N-dealkylation sites (N-methyl/N-ethyl adjacent to an activating group) is 1. The van der Waals surface area contributed by atoms with Gasteiger partial charge in [0.15, 0.2) is 11.4 Å². The molecule has 0 heterocycles. The summed E-state index contributed by atoms with van der Waals surface area (Å²) >= 11 is 6.19. The molecule has 11 heteroatoms. The number of aliphatic hydroxyl groups is 4. The molecule has 0 aliphatic heterocycles. The Balaban J connectivity index is 0.00000306. The molecule has 7 unspecified atom stereocenters. The maximum Gasteiger partial charge on any atom is 0.230 e. The number of rotatable bonds is 2. The van der Waals surface area contributed by atoms with E-state index >= 15 is 0 Å². The van der Waals surface area contributed by atoms with Gasteiger partial charge >= 0.3 is 0 Å². The number of phenols is 1. The Kier molecular flexibility index (Phi) is 6.14. The van der Waals surface area contributed by atoms with E-state index in [1.807, 2.05) is 0 Å². The van der Waals surface area contributed by atoms with Crippen molar-refractivity contribution in [2.24, 2.45) is 23.5 Å². The molecular weight excluding hydrogens is 456 g/mol. The molecule has 0 saturated heterocycles. The summed E-state index contributed by atoms with van der Waals surface area (Å²) in [5.74, 6) is -9.02. The van der Waals surface area contributed by atoms with Crippen LogP contribution in [0.25, 0.3) is 5.76 Å². The molecule has 7 atom stereocenters. The number of ketones is 2. The third-order valence-corrected chi connectivity index (χ3v) is 7.34. The van der Waals surface area contributed by atoms with E-state index in [4.69, 9.17) is 17.3 Å². The van der Waals surface area contributed by atoms with Gasteiger partial charge < -0.3 is 36.2 Å². The smallest absolute Gasteiger partial charge is 0.230 e. The normalized spacial score (nSPS) is 35.5. The minimum absolute atomic E-state index is 0. The van der Waals surface area contributed by atoms with E-state index in [1.54, 1.807) is 0 Å². The number of Topliss-reactive ketones (excluding diaryl/α,β-unsaturated/α-hetero) is 2. The number of halogens is 1. The van der Waals surface area contributed by atoms with Crippen LogP contribution in [-0.2, 0) is 14.4 Å². The van der Waals surface area contributed by atoms with E-state index in [2.05, 4.69) is 0 Å². The number of aliphatic hydroxyl groups excluding tert-OH is 3. The first-order valence-corrected chi connectivity index (χ1v) is 10.3. The van der Waals surface area contributed by atoms with Crippen molar-refractivity contribution in [3.05, 3.63) is 33.9 Å². The predicted octanol–water partition coefficient (Wildman–Crippen LogP) is -0.0906. The highest BCUT2D eigenvalue weighted by Crippen LogP contribution is 2.56. The molecule has 2 saturated carbocycles. The van der Waals surface area contributed by atoms with E-state index in [0.717, 1.165) is 0 Å². The molecule has 2 fully saturated rings. The van der Waals surface area contributed by atoms with E-state index < -0.39 is 76.2 Å². The number of amides is 1. The van der Waals surface area contributed by atoms with Crippen LogP contribution in [0.15, 0.2) is 17.7 Å². The van der Waals surface area contributed by atoms with Gasteiger partial charge in [-0.15, -0.1) is 0 Å². The van der Waals surface area contributed by atoms with E-state index in [0.29, 0.717) is 0 Å². The molecular formula is C22H27ClN2O8. The Hall–Kier alpha value is -2.50. The highest BCUT2D eigenvalue weighted by atomic mass is 35.5. The highest BCUT2D eigenvalue weighted by molar-refractivity contribution is 6.32. The topological polar surface area (TPSA) is 182 Å². The number of carbonyl (C=O) groups is 3. The number of fused-ring (bicyclic) bond motifs is 3. The number of nitrogens with two attached hydrogens (primary N) is 1. The Labute approximate surface area is 194 Å². The maximum atomic E-state index is 13.6. The fourth-order valence-electron chi connectivity index (χ4n) is 5.60. The first-order valence-electron chi connectivity index (χ1n) is 9.93. The van der Waals surface area contributed by atoms with Crippen LogP contribution >= 0.6 is 11.6 Å². The van der Waals surface area contributed by atoms with Gasteiger partial charge in [-0.3, -0.25) is 14.4 Å². The number of benzene rings is 1. The summed E-state index contributed by atoms with van der Waals surface area (Å²) < 4.78 is 0. The molecule has 1 aromatic carbocycles. The van der Waals surface area contributed by atoms with Gasteiger partial charge in [-0.1, -0.05) is 19.0 Å². The lowest BCUT2D eigenvalue weighted by atomic mass is 9.54. The van der Waals surface area contributed by atoms with Crippen LogP contribution in [0.2, 0.25) is 5.02 Å². The second-order valence-electron chi connectivity index (χ2n) is 8.80. The lowest BCUT2D eigenvalue weighted by molar-refractivity contribution is -0.185. The SMILES string of the molecule is C.CN(C)C1C(O)C(C(N)=O)C(=O)C2(O)C(=O)C3=C(O)c4c(O)ccc(Cl)c4C(O)C3CC12. The Morgan fingerprint density at radius 1 is 1.21 bits per heavy atom. The number of hydrogen-bond donors (Lipinski definition) is 6. The number of aromatic hydroxyl groups is 1. The van der Waals surface area contributed by atoms with Crippen molar-refractivity contribution in [2.45, 2.75) is 37.7 Å².